The lowest BCUT2D eigenvalue weighted by atomic mass is 9.95. The minimum absolute atomic E-state index is 0.0493. The number of urea groups is 1. The Bertz CT molecular complexity index is 1140. The average molecular weight is 466 g/mol. The number of thiophene rings is 1. The molecular weight excluding hydrogens is 438 g/mol. The molecule has 0 bridgehead atoms. The molecule has 1 fully saturated rings. The third kappa shape index (κ3) is 3.46. The zero-order valence-corrected chi connectivity index (χ0v) is 19.7. The van der Waals surface area contributed by atoms with Gasteiger partial charge in [0, 0.05) is 27.7 Å². The van der Waals surface area contributed by atoms with Gasteiger partial charge in [0.05, 0.1) is 18.3 Å². The normalized spacial score (nSPS) is 20.4. The highest BCUT2D eigenvalue weighted by atomic mass is 35.5. The fraction of sp³-hybridized carbons (Fsp3) is 0.423. The van der Waals surface area contributed by atoms with Crippen LogP contribution in [-0.2, 0) is 19.4 Å². The molecule has 32 heavy (non-hydrogen) atoms. The quantitative estimate of drug-likeness (QED) is 0.453. The number of hydrogen-bond donors (Lipinski definition) is 1. The SMILES string of the molecule is O=C(NC1CCCC1)N1Cc2c(sc3c2CCCC3)-n2cccc2[C@H]1c1ccc(Cl)cc1. The molecule has 6 rings (SSSR count). The van der Waals surface area contributed by atoms with Crippen molar-refractivity contribution in [3.8, 4) is 5.00 Å². The lowest BCUT2D eigenvalue weighted by Crippen LogP contribution is -2.45. The number of amides is 2. The van der Waals surface area contributed by atoms with Crippen molar-refractivity contribution in [1.82, 2.24) is 14.8 Å². The Morgan fingerprint density at radius 1 is 1.00 bits per heavy atom. The Morgan fingerprint density at radius 3 is 2.59 bits per heavy atom. The molecule has 2 aromatic heterocycles. The molecule has 1 saturated carbocycles. The van der Waals surface area contributed by atoms with Gasteiger partial charge in [0.1, 0.15) is 5.00 Å². The summed E-state index contributed by atoms with van der Waals surface area (Å²) >= 11 is 8.14. The Hall–Kier alpha value is -2.24. The van der Waals surface area contributed by atoms with Gasteiger partial charge in [-0.15, -0.1) is 11.3 Å². The van der Waals surface area contributed by atoms with E-state index in [9.17, 15) is 4.79 Å². The van der Waals surface area contributed by atoms with Gasteiger partial charge in [0.15, 0.2) is 0 Å². The molecular formula is C26H28ClN3OS. The number of aryl methyl sites for hydroxylation is 1. The molecule has 2 aliphatic carbocycles. The number of carbonyl (C=O) groups is 1. The largest absolute Gasteiger partial charge is 0.335 e. The fourth-order valence-corrected chi connectivity index (χ4v) is 7.24. The molecule has 4 nitrogen and oxygen atoms in total. The van der Waals surface area contributed by atoms with Crippen molar-refractivity contribution in [2.24, 2.45) is 0 Å². The Balaban J connectivity index is 1.49. The van der Waals surface area contributed by atoms with Gasteiger partial charge in [0.25, 0.3) is 0 Å². The molecule has 3 aliphatic rings. The first-order valence-corrected chi connectivity index (χ1v) is 13.0. The highest BCUT2D eigenvalue weighted by Gasteiger charge is 2.36. The highest BCUT2D eigenvalue weighted by molar-refractivity contribution is 7.15. The van der Waals surface area contributed by atoms with Crippen LogP contribution in [0, 0.1) is 0 Å². The second kappa shape index (κ2) is 8.27. The third-order valence-corrected chi connectivity index (χ3v) is 8.89. The van der Waals surface area contributed by atoms with Crippen molar-refractivity contribution in [3.05, 3.63) is 74.9 Å². The number of aromatic nitrogens is 1. The van der Waals surface area contributed by atoms with Crippen LogP contribution in [0.5, 0.6) is 0 Å². The van der Waals surface area contributed by atoms with Crippen molar-refractivity contribution >= 4 is 29.0 Å². The summed E-state index contributed by atoms with van der Waals surface area (Å²) in [5, 5.41) is 5.38. The van der Waals surface area contributed by atoms with E-state index in [1.807, 2.05) is 23.5 Å². The molecule has 0 unspecified atom stereocenters. The molecule has 166 valence electrons. The van der Waals surface area contributed by atoms with Crippen LogP contribution in [0.4, 0.5) is 4.79 Å². The van der Waals surface area contributed by atoms with E-state index in [0.29, 0.717) is 17.6 Å². The Labute approximate surface area is 198 Å². The van der Waals surface area contributed by atoms with Gasteiger partial charge in [-0.05, 0) is 73.9 Å². The fourth-order valence-electron chi connectivity index (χ4n) is 5.71. The summed E-state index contributed by atoms with van der Waals surface area (Å²) < 4.78 is 2.33. The topological polar surface area (TPSA) is 37.3 Å². The molecule has 0 saturated heterocycles. The molecule has 3 aromatic rings. The standard InChI is InChI=1S/C26H28ClN3OS/c27-18-13-11-17(12-14-18)24-22-9-5-15-29(22)25-21(20-8-3-4-10-23(20)32-25)16-30(24)26(31)28-19-6-1-2-7-19/h5,9,11-15,19,24H,1-4,6-8,10,16H2,(H,28,31)/t24-/m1/s1. The van der Waals surface area contributed by atoms with Crippen molar-refractivity contribution in [1.29, 1.82) is 0 Å². The van der Waals surface area contributed by atoms with Crippen LogP contribution in [0.2, 0.25) is 5.02 Å². The van der Waals surface area contributed by atoms with Crippen molar-refractivity contribution in [3.63, 3.8) is 0 Å². The monoisotopic (exact) mass is 465 g/mol. The van der Waals surface area contributed by atoms with Gasteiger partial charge in [0.2, 0.25) is 0 Å². The predicted octanol–water partition coefficient (Wildman–Crippen LogP) is 6.63. The van der Waals surface area contributed by atoms with E-state index in [2.05, 4.69) is 45.2 Å². The summed E-state index contributed by atoms with van der Waals surface area (Å²) in [5.74, 6) is 0. The maximum absolute atomic E-state index is 13.8. The molecule has 0 radical (unpaired) electrons. The van der Waals surface area contributed by atoms with Crippen LogP contribution in [-0.4, -0.2) is 21.5 Å². The number of fused-ring (bicyclic) bond motifs is 5. The highest BCUT2D eigenvalue weighted by Crippen LogP contribution is 2.44. The number of nitrogens with one attached hydrogen (secondary N) is 1. The van der Waals surface area contributed by atoms with Crippen LogP contribution in [0.15, 0.2) is 42.6 Å². The summed E-state index contributed by atoms with van der Waals surface area (Å²) in [7, 11) is 0. The van der Waals surface area contributed by atoms with Gasteiger partial charge in [-0.25, -0.2) is 4.79 Å². The molecule has 1 N–H and O–H groups in total. The van der Waals surface area contributed by atoms with Crippen molar-refractivity contribution < 1.29 is 4.79 Å². The number of hydrogen-bond acceptors (Lipinski definition) is 2. The van der Waals surface area contributed by atoms with Crippen LogP contribution in [0.1, 0.15) is 71.8 Å². The molecule has 0 spiro atoms. The van der Waals surface area contributed by atoms with E-state index >= 15 is 0 Å². The van der Waals surface area contributed by atoms with E-state index in [1.165, 1.54) is 53.1 Å². The maximum atomic E-state index is 13.8. The first-order valence-electron chi connectivity index (χ1n) is 11.8. The van der Waals surface area contributed by atoms with Crippen molar-refractivity contribution in [2.45, 2.75) is 70.0 Å². The van der Waals surface area contributed by atoms with E-state index < -0.39 is 0 Å². The van der Waals surface area contributed by atoms with E-state index in [1.54, 1.807) is 0 Å². The van der Waals surface area contributed by atoms with Crippen LogP contribution in [0.25, 0.3) is 5.00 Å². The van der Waals surface area contributed by atoms with Gasteiger partial charge in [-0.3, -0.25) is 0 Å². The summed E-state index contributed by atoms with van der Waals surface area (Å²) in [6.07, 6.45) is 11.5. The van der Waals surface area contributed by atoms with E-state index in [0.717, 1.165) is 30.5 Å². The van der Waals surface area contributed by atoms with E-state index in [4.69, 9.17) is 11.6 Å². The van der Waals surface area contributed by atoms with Gasteiger partial charge in [-0.1, -0.05) is 36.6 Å². The zero-order chi connectivity index (χ0) is 21.7. The molecule has 1 aliphatic heterocycles. The number of benzene rings is 1. The number of rotatable bonds is 2. The lowest BCUT2D eigenvalue weighted by molar-refractivity contribution is 0.176. The van der Waals surface area contributed by atoms with Gasteiger partial charge < -0.3 is 14.8 Å². The van der Waals surface area contributed by atoms with Crippen LogP contribution < -0.4 is 5.32 Å². The summed E-state index contributed by atoms with van der Waals surface area (Å²) in [4.78, 5) is 17.4. The first-order chi connectivity index (χ1) is 15.7. The minimum Gasteiger partial charge on any atom is -0.335 e. The molecule has 6 heteroatoms. The molecule has 1 atom stereocenters. The predicted molar refractivity (Wildman–Crippen MR) is 130 cm³/mol. The number of nitrogens with zero attached hydrogens (tertiary/aromatic N) is 2. The molecule has 1 aromatic carbocycles. The average Bonchev–Trinajstić information content (AvgIpc) is 3.54. The lowest BCUT2D eigenvalue weighted by Gasteiger charge is -2.32. The Kier molecular flexibility index (Phi) is 5.27. The summed E-state index contributed by atoms with van der Waals surface area (Å²) in [6.45, 7) is 0.648. The van der Waals surface area contributed by atoms with E-state index in [-0.39, 0.29) is 12.1 Å². The minimum atomic E-state index is -0.150. The molecule has 3 heterocycles. The zero-order valence-electron chi connectivity index (χ0n) is 18.1. The van der Waals surface area contributed by atoms with Crippen molar-refractivity contribution in [2.75, 3.05) is 0 Å². The van der Waals surface area contributed by atoms with Crippen LogP contribution in [0.3, 0.4) is 0 Å². The Morgan fingerprint density at radius 2 is 1.78 bits per heavy atom. The first kappa shape index (κ1) is 20.4. The maximum Gasteiger partial charge on any atom is 0.318 e. The number of halogens is 1. The number of carbonyl (C=O) groups excluding carboxylic acids is 1. The second-order valence-corrected chi connectivity index (χ2v) is 10.8. The smallest absolute Gasteiger partial charge is 0.318 e. The molecule has 2 amide bonds. The second-order valence-electron chi connectivity index (χ2n) is 9.31. The summed E-state index contributed by atoms with van der Waals surface area (Å²) in [5.41, 5.74) is 5.08. The summed E-state index contributed by atoms with van der Waals surface area (Å²) in [6, 6.07) is 12.5. The van der Waals surface area contributed by atoms with Gasteiger partial charge in [-0.2, -0.15) is 0 Å². The third-order valence-electron chi connectivity index (χ3n) is 7.31. The van der Waals surface area contributed by atoms with Crippen LogP contribution >= 0.6 is 22.9 Å². The van der Waals surface area contributed by atoms with Gasteiger partial charge >= 0.3 is 6.03 Å².